The van der Waals surface area contributed by atoms with Crippen LogP contribution in [0.15, 0.2) is 11.8 Å². The minimum Gasteiger partial charge on any atom is -0.120 e. The molecule has 10 heavy (non-hydrogen) atoms. The van der Waals surface area contributed by atoms with Crippen LogP contribution in [0.5, 0.6) is 0 Å². The monoisotopic (exact) mass is 148 g/mol. The Morgan fingerprint density at radius 3 is 2.10 bits per heavy atom. The van der Waals surface area contributed by atoms with Crippen LogP contribution in [0.3, 0.4) is 0 Å². The molecule has 0 aliphatic carbocycles. The summed E-state index contributed by atoms with van der Waals surface area (Å²) in [5.41, 5.74) is 2.19. The first kappa shape index (κ1) is 9.08. The van der Waals surface area contributed by atoms with E-state index in [9.17, 15) is 0 Å². The zero-order chi connectivity index (χ0) is 7.82. The maximum Gasteiger partial charge on any atom is 0.0857 e. The standard InChI is InChI=1S/C9H12Si/c1-4-7-10(8-5-2)9-6-3/h1-2,6,9-10H,7-8H2,3H3. The molecule has 52 valence electrons. The Morgan fingerprint density at radius 2 is 1.80 bits per heavy atom. The molecule has 0 rings (SSSR count). The smallest absolute Gasteiger partial charge is 0.0857 e. The maximum atomic E-state index is 5.17. The first-order chi connectivity index (χ1) is 4.85. The lowest BCUT2D eigenvalue weighted by Gasteiger charge is -1.99. The van der Waals surface area contributed by atoms with Crippen LogP contribution >= 0.6 is 0 Å². The summed E-state index contributed by atoms with van der Waals surface area (Å²) in [5.74, 6) is 5.30. The Bertz CT molecular complexity index is 162. The van der Waals surface area contributed by atoms with Crippen LogP contribution in [-0.4, -0.2) is 8.80 Å². The Kier molecular flexibility index (Phi) is 5.63. The van der Waals surface area contributed by atoms with E-state index in [1.165, 1.54) is 0 Å². The van der Waals surface area contributed by atoms with Crippen LogP contribution in [0.4, 0.5) is 0 Å². The van der Waals surface area contributed by atoms with Gasteiger partial charge in [0.05, 0.1) is 8.80 Å². The van der Waals surface area contributed by atoms with Crippen molar-refractivity contribution in [1.82, 2.24) is 0 Å². The van der Waals surface area contributed by atoms with Gasteiger partial charge in [0.25, 0.3) is 0 Å². The molecular formula is C9H12Si. The van der Waals surface area contributed by atoms with E-state index in [1.807, 2.05) is 13.0 Å². The van der Waals surface area contributed by atoms with Crippen molar-refractivity contribution in [3.8, 4) is 24.7 Å². The molecule has 0 aromatic rings. The van der Waals surface area contributed by atoms with Gasteiger partial charge in [-0.1, -0.05) is 11.8 Å². The van der Waals surface area contributed by atoms with Gasteiger partial charge in [-0.15, -0.1) is 24.7 Å². The lowest BCUT2D eigenvalue weighted by molar-refractivity contribution is 1.62. The van der Waals surface area contributed by atoms with Gasteiger partial charge in [-0.05, 0) is 6.92 Å². The molecule has 0 saturated heterocycles. The highest BCUT2D eigenvalue weighted by atomic mass is 28.3. The predicted octanol–water partition coefficient (Wildman–Crippen LogP) is 1.60. The van der Waals surface area contributed by atoms with E-state index in [2.05, 4.69) is 17.5 Å². The molecule has 0 bridgehead atoms. The number of allylic oxidation sites excluding steroid dienone is 1. The summed E-state index contributed by atoms with van der Waals surface area (Å²) in [6, 6.07) is 1.77. The summed E-state index contributed by atoms with van der Waals surface area (Å²) in [6.07, 6.45) is 12.4. The second-order valence-corrected chi connectivity index (χ2v) is 4.82. The molecule has 0 fully saturated rings. The molecule has 0 aromatic heterocycles. The van der Waals surface area contributed by atoms with E-state index in [-0.39, 0.29) is 0 Å². The molecule has 0 aliphatic heterocycles. The molecule has 1 heteroatoms. The van der Waals surface area contributed by atoms with Crippen molar-refractivity contribution in [1.29, 1.82) is 0 Å². The number of rotatable bonds is 3. The van der Waals surface area contributed by atoms with Crippen molar-refractivity contribution in [2.45, 2.75) is 19.0 Å². The summed E-state index contributed by atoms with van der Waals surface area (Å²) in [4.78, 5) is 0. The normalized spacial score (nSPS) is 9.60. The minimum absolute atomic E-state index is 0.883. The van der Waals surface area contributed by atoms with Gasteiger partial charge in [0.15, 0.2) is 0 Å². The molecule has 0 N–H and O–H groups in total. The van der Waals surface area contributed by atoms with Crippen LogP contribution in [0.25, 0.3) is 0 Å². The molecule has 0 unspecified atom stereocenters. The third-order valence-corrected chi connectivity index (χ3v) is 3.67. The number of hydrogen-bond acceptors (Lipinski definition) is 0. The SMILES string of the molecule is C#CC[SiH](C=CC)CC#C. The molecule has 0 aromatic carbocycles. The van der Waals surface area contributed by atoms with Gasteiger partial charge in [-0.2, -0.15) is 0 Å². The number of hydrogen-bond donors (Lipinski definition) is 0. The predicted molar refractivity (Wildman–Crippen MR) is 49.2 cm³/mol. The molecule has 0 spiro atoms. The molecule has 0 amide bonds. The van der Waals surface area contributed by atoms with Crippen molar-refractivity contribution in [2.75, 3.05) is 0 Å². The Morgan fingerprint density at radius 1 is 1.30 bits per heavy atom. The Labute approximate surface area is 64.9 Å². The highest BCUT2D eigenvalue weighted by molar-refractivity contribution is 6.65. The average molecular weight is 148 g/mol. The third kappa shape index (κ3) is 4.01. The summed E-state index contributed by atoms with van der Waals surface area (Å²) in [6.45, 7) is 2.01. The van der Waals surface area contributed by atoms with E-state index in [0.29, 0.717) is 0 Å². The van der Waals surface area contributed by atoms with Crippen LogP contribution in [0.1, 0.15) is 6.92 Å². The Hall–Kier alpha value is -0.923. The van der Waals surface area contributed by atoms with Gasteiger partial charge >= 0.3 is 0 Å². The molecule has 0 saturated carbocycles. The lowest BCUT2D eigenvalue weighted by atomic mass is 10.8. The van der Waals surface area contributed by atoms with Crippen molar-refractivity contribution in [3.05, 3.63) is 11.8 Å². The highest BCUT2D eigenvalue weighted by Crippen LogP contribution is 1.98. The quantitative estimate of drug-likeness (QED) is 0.421. The van der Waals surface area contributed by atoms with Crippen LogP contribution in [0.2, 0.25) is 12.1 Å². The van der Waals surface area contributed by atoms with Crippen molar-refractivity contribution in [3.63, 3.8) is 0 Å². The van der Waals surface area contributed by atoms with Crippen LogP contribution in [-0.2, 0) is 0 Å². The van der Waals surface area contributed by atoms with E-state index >= 15 is 0 Å². The second kappa shape index (κ2) is 6.20. The molecule has 0 heterocycles. The van der Waals surface area contributed by atoms with Gasteiger partial charge in [-0.3, -0.25) is 0 Å². The van der Waals surface area contributed by atoms with Gasteiger partial charge in [0.2, 0.25) is 0 Å². The van der Waals surface area contributed by atoms with Gasteiger partial charge in [-0.25, -0.2) is 0 Å². The first-order valence-corrected chi connectivity index (χ1v) is 5.64. The molecule has 0 aliphatic rings. The summed E-state index contributed by atoms with van der Waals surface area (Å²) >= 11 is 0. The topological polar surface area (TPSA) is 0 Å². The summed E-state index contributed by atoms with van der Waals surface area (Å²) in [7, 11) is -0.887. The fourth-order valence-electron chi connectivity index (χ4n) is 0.783. The van der Waals surface area contributed by atoms with E-state index in [4.69, 9.17) is 12.8 Å². The van der Waals surface area contributed by atoms with Crippen LogP contribution < -0.4 is 0 Å². The molecule has 0 radical (unpaired) electrons. The Balaban J connectivity index is 3.77. The van der Waals surface area contributed by atoms with Crippen molar-refractivity contribution in [2.24, 2.45) is 0 Å². The average Bonchev–Trinajstić information content (AvgIpc) is 1.90. The maximum absolute atomic E-state index is 5.17. The second-order valence-electron chi connectivity index (χ2n) is 2.10. The van der Waals surface area contributed by atoms with Crippen molar-refractivity contribution >= 4 is 8.80 Å². The lowest BCUT2D eigenvalue weighted by Crippen LogP contribution is -2.05. The van der Waals surface area contributed by atoms with Gasteiger partial charge in [0, 0.05) is 12.1 Å². The number of terminal acetylenes is 2. The van der Waals surface area contributed by atoms with Crippen LogP contribution in [0, 0.1) is 24.7 Å². The molecule has 0 nitrogen and oxygen atoms in total. The third-order valence-electron chi connectivity index (χ3n) is 1.22. The molecular weight excluding hydrogens is 136 g/mol. The van der Waals surface area contributed by atoms with Crippen molar-refractivity contribution < 1.29 is 0 Å². The zero-order valence-corrected chi connectivity index (χ0v) is 7.46. The summed E-state index contributed by atoms with van der Waals surface area (Å²) < 4.78 is 0. The van der Waals surface area contributed by atoms with E-state index in [0.717, 1.165) is 12.1 Å². The largest absolute Gasteiger partial charge is 0.120 e. The highest BCUT2D eigenvalue weighted by Gasteiger charge is 2.00. The first-order valence-electron chi connectivity index (χ1n) is 3.34. The van der Waals surface area contributed by atoms with Gasteiger partial charge < -0.3 is 0 Å². The minimum atomic E-state index is -0.887. The van der Waals surface area contributed by atoms with E-state index < -0.39 is 8.80 Å². The summed E-state index contributed by atoms with van der Waals surface area (Å²) in [5, 5.41) is 0. The zero-order valence-electron chi connectivity index (χ0n) is 6.30. The van der Waals surface area contributed by atoms with Gasteiger partial charge in [0.1, 0.15) is 0 Å². The molecule has 0 atom stereocenters. The fraction of sp³-hybridized carbons (Fsp3) is 0.333. The fourth-order valence-corrected chi connectivity index (χ4v) is 2.35. The van der Waals surface area contributed by atoms with E-state index in [1.54, 1.807) is 0 Å².